The first kappa shape index (κ1) is 15.2. The molecule has 3 atom stereocenters. The Bertz CT molecular complexity index is 521. The highest BCUT2D eigenvalue weighted by Crippen LogP contribution is 2.45. The Morgan fingerprint density at radius 2 is 2.15 bits per heavy atom. The van der Waals surface area contributed by atoms with Crippen molar-refractivity contribution in [3.05, 3.63) is 28.4 Å². The van der Waals surface area contributed by atoms with E-state index in [4.69, 9.17) is 0 Å². The molecule has 0 aromatic carbocycles. The number of aromatic nitrogens is 2. The van der Waals surface area contributed by atoms with Gasteiger partial charge in [-0.2, -0.15) is 0 Å². The molecule has 0 aliphatic heterocycles. The van der Waals surface area contributed by atoms with Crippen molar-refractivity contribution in [2.24, 2.45) is 11.3 Å². The van der Waals surface area contributed by atoms with Crippen LogP contribution in [0.3, 0.4) is 0 Å². The molecule has 1 saturated carbocycles. The third kappa shape index (κ3) is 2.95. The first-order chi connectivity index (χ1) is 9.35. The third-order valence-corrected chi connectivity index (χ3v) is 5.00. The quantitative estimate of drug-likeness (QED) is 0.925. The van der Waals surface area contributed by atoms with E-state index in [1.165, 1.54) is 0 Å². The monoisotopic (exact) mass is 278 g/mol. The van der Waals surface area contributed by atoms with Gasteiger partial charge in [0.1, 0.15) is 0 Å². The summed E-state index contributed by atoms with van der Waals surface area (Å²) < 4.78 is 1.75. The van der Waals surface area contributed by atoms with Gasteiger partial charge in [-0.05, 0) is 43.1 Å². The van der Waals surface area contributed by atoms with Gasteiger partial charge in [0.15, 0.2) is 0 Å². The van der Waals surface area contributed by atoms with E-state index in [0.29, 0.717) is 12.3 Å². The van der Waals surface area contributed by atoms with Crippen molar-refractivity contribution in [1.82, 2.24) is 9.55 Å². The van der Waals surface area contributed by atoms with E-state index in [0.717, 1.165) is 24.8 Å². The number of hydrogen-bond donors (Lipinski definition) is 1. The van der Waals surface area contributed by atoms with Gasteiger partial charge in [-0.25, -0.2) is 9.78 Å². The molecule has 0 amide bonds. The molecule has 1 fully saturated rings. The SMILES string of the molecule is CCC(C)(C)C1CCC(O)CC1n1cc(C)cnc1=O. The minimum Gasteiger partial charge on any atom is -0.393 e. The van der Waals surface area contributed by atoms with Gasteiger partial charge in [-0.1, -0.05) is 27.2 Å². The molecule has 2 rings (SSSR count). The van der Waals surface area contributed by atoms with Crippen LogP contribution in [0.15, 0.2) is 17.2 Å². The van der Waals surface area contributed by atoms with Crippen LogP contribution in [0.1, 0.15) is 58.1 Å². The predicted octanol–water partition coefficient (Wildman–Crippen LogP) is 2.69. The Hall–Kier alpha value is -1.16. The Kier molecular flexibility index (Phi) is 4.33. The average Bonchev–Trinajstić information content (AvgIpc) is 2.41. The Morgan fingerprint density at radius 3 is 2.80 bits per heavy atom. The number of nitrogens with zero attached hydrogens (tertiary/aromatic N) is 2. The van der Waals surface area contributed by atoms with E-state index in [1.807, 2.05) is 13.1 Å². The summed E-state index contributed by atoms with van der Waals surface area (Å²) in [5.41, 5.74) is 0.942. The van der Waals surface area contributed by atoms with Gasteiger partial charge in [-0.3, -0.25) is 4.57 Å². The van der Waals surface area contributed by atoms with Gasteiger partial charge in [-0.15, -0.1) is 0 Å². The van der Waals surface area contributed by atoms with Gasteiger partial charge in [0, 0.05) is 18.4 Å². The lowest BCUT2D eigenvalue weighted by Gasteiger charge is -2.44. The number of aliphatic hydroxyl groups is 1. The third-order valence-electron chi connectivity index (χ3n) is 5.00. The first-order valence-electron chi connectivity index (χ1n) is 7.58. The van der Waals surface area contributed by atoms with Crippen LogP contribution in [0.2, 0.25) is 0 Å². The molecule has 0 spiro atoms. The van der Waals surface area contributed by atoms with E-state index in [1.54, 1.807) is 10.8 Å². The minimum atomic E-state index is -0.309. The predicted molar refractivity (Wildman–Crippen MR) is 79.7 cm³/mol. The van der Waals surface area contributed by atoms with Crippen LogP contribution >= 0.6 is 0 Å². The number of rotatable bonds is 3. The second-order valence-electron chi connectivity index (χ2n) is 6.80. The standard InChI is InChI=1S/C16H26N2O2/c1-5-16(3,4)13-7-6-12(19)8-14(13)18-10-11(2)9-17-15(18)20/h9-10,12-14,19H,5-8H2,1-4H3. The summed E-state index contributed by atoms with van der Waals surface area (Å²) in [6, 6.07) is 0.0496. The molecule has 112 valence electrons. The summed E-state index contributed by atoms with van der Waals surface area (Å²) in [5.74, 6) is 0.400. The van der Waals surface area contributed by atoms with Crippen LogP contribution in [-0.4, -0.2) is 20.8 Å². The van der Waals surface area contributed by atoms with Crippen LogP contribution in [0.5, 0.6) is 0 Å². The highest BCUT2D eigenvalue weighted by atomic mass is 16.3. The van der Waals surface area contributed by atoms with Crippen molar-refractivity contribution >= 4 is 0 Å². The summed E-state index contributed by atoms with van der Waals surface area (Å²) in [5, 5.41) is 10.0. The molecule has 0 radical (unpaired) electrons. The normalized spacial score (nSPS) is 27.6. The van der Waals surface area contributed by atoms with Crippen LogP contribution in [0.25, 0.3) is 0 Å². The van der Waals surface area contributed by atoms with Crippen LogP contribution in [-0.2, 0) is 0 Å². The zero-order valence-corrected chi connectivity index (χ0v) is 13.0. The van der Waals surface area contributed by atoms with Crippen LogP contribution < -0.4 is 5.69 Å². The zero-order valence-electron chi connectivity index (χ0n) is 13.0. The van der Waals surface area contributed by atoms with Crippen molar-refractivity contribution < 1.29 is 5.11 Å². The molecule has 1 aliphatic rings. The smallest absolute Gasteiger partial charge is 0.347 e. The number of aryl methyl sites for hydroxylation is 1. The summed E-state index contributed by atoms with van der Waals surface area (Å²) in [7, 11) is 0. The van der Waals surface area contributed by atoms with E-state index < -0.39 is 0 Å². The highest BCUT2D eigenvalue weighted by molar-refractivity contribution is 5.03. The molecular weight excluding hydrogens is 252 g/mol. The summed E-state index contributed by atoms with van der Waals surface area (Å²) >= 11 is 0. The van der Waals surface area contributed by atoms with E-state index in [2.05, 4.69) is 25.8 Å². The van der Waals surface area contributed by atoms with E-state index in [-0.39, 0.29) is 23.3 Å². The van der Waals surface area contributed by atoms with E-state index in [9.17, 15) is 9.90 Å². The Morgan fingerprint density at radius 1 is 1.45 bits per heavy atom. The molecule has 4 nitrogen and oxygen atoms in total. The van der Waals surface area contributed by atoms with E-state index >= 15 is 0 Å². The first-order valence-corrected chi connectivity index (χ1v) is 7.58. The summed E-state index contributed by atoms with van der Waals surface area (Å²) in [6.07, 6.45) is 6.70. The van der Waals surface area contributed by atoms with Gasteiger partial charge in [0.2, 0.25) is 0 Å². The molecule has 1 aromatic rings. The second kappa shape index (κ2) is 5.68. The zero-order chi connectivity index (χ0) is 14.9. The molecule has 4 heteroatoms. The van der Waals surface area contributed by atoms with Crippen molar-refractivity contribution in [1.29, 1.82) is 0 Å². The van der Waals surface area contributed by atoms with Crippen LogP contribution in [0.4, 0.5) is 0 Å². The molecule has 1 heterocycles. The second-order valence-corrected chi connectivity index (χ2v) is 6.80. The van der Waals surface area contributed by atoms with Crippen LogP contribution in [0, 0.1) is 18.3 Å². The Balaban J connectivity index is 2.42. The lowest BCUT2D eigenvalue weighted by Crippen LogP contribution is -2.42. The number of aliphatic hydroxyl groups excluding tert-OH is 1. The molecule has 20 heavy (non-hydrogen) atoms. The van der Waals surface area contributed by atoms with Gasteiger partial charge in [0.05, 0.1) is 6.10 Å². The largest absolute Gasteiger partial charge is 0.393 e. The molecule has 1 aromatic heterocycles. The van der Waals surface area contributed by atoms with Crippen molar-refractivity contribution in [3.8, 4) is 0 Å². The molecule has 1 aliphatic carbocycles. The Labute approximate surface area is 120 Å². The van der Waals surface area contributed by atoms with Gasteiger partial charge >= 0.3 is 5.69 Å². The highest BCUT2D eigenvalue weighted by Gasteiger charge is 2.39. The van der Waals surface area contributed by atoms with Crippen molar-refractivity contribution in [2.75, 3.05) is 0 Å². The van der Waals surface area contributed by atoms with Crippen molar-refractivity contribution in [3.63, 3.8) is 0 Å². The maximum absolute atomic E-state index is 12.1. The minimum absolute atomic E-state index is 0.0496. The fraction of sp³-hybridized carbons (Fsp3) is 0.750. The molecule has 0 bridgehead atoms. The lowest BCUT2D eigenvalue weighted by molar-refractivity contribution is 0.0199. The maximum atomic E-state index is 12.1. The molecule has 1 N–H and O–H groups in total. The topological polar surface area (TPSA) is 55.1 Å². The van der Waals surface area contributed by atoms with Gasteiger partial charge < -0.3 is 5.11 Å². The maximum Gasteiger partial charge on any atom is 0.347 e. The summed E-state index contributed by atoms with van der Waals surface area (Å²) in [4.78, 5) is 16.1. The summed E-state index contributed by atoms with van der Waals surface area (Å²) in [6.45, 7) is 8.66. The molecular formula is C16H26N2O2. The molecule has 0 saturated heterocycles. The molecule has 3 unspecified atom stereocenters. The fourth-order valence-electron chi connectivity index (χ4n) is 3.38. The fourth-order valence-corrected chi connectivity index (χ4v) is 3.38. The van der Waals surface area contributed by atoms with Crippen molar-refractivity contribution in [2.45, 2.75) is 65.5 Å². The average molecular weight is 278 g/mol. The van der Waals surface area contributed by atoms with Gasteiger partial charge in [0.25, 0.3) is 0 Å². The number of hydrogen-bond acceptors (Lipinski definition) is 3. The lowest BCUT2D eigenvalue weighted by atomic mass is 9.66.